The molecule has 1 heterocycles. The molecule has 0 radical (unpaired) electrons. The fourth-order valence-corrected chi connectivity index (χ4v) is 2.81. The molecular weight excluding hydrogens is 188 g/mol. The van der Waals surface area contributed by atoms with Crippen molar-refractivity contribution in [2.75, 3.05) is 0 Å². The van der Waals surface area contributed by atoms with Crippen molar-refractivity contribution in [3.8, 4) is 0 Å². The van der Waals surface area contributed by atoms with Crippen molar-refractivity contribution in [1.82, 2.24) is 0 Å². The van der Waals surface area contributed by atoms with Gasteiger partial charge < -0.3 is 9.52 Å². The van der Waals surface area contributed by atoms with Crippen molar-refractivity contribution in [3.63, 3.8) is 0 Å². The second-order valence-electron chi connectivity index (χ2n) is 5.16. The topological polar surface area (TPSA) is 33.4 Å². The molecule has 1 aliphatic rings. The molecule has 0 spiro atoms. The third-order valence-electron chi connectivity index (χ3n) is 3.28. The molecule has 2 nitrogen and oxygen atoms in total. The molecule has 82 valence electrons. The van der Waals surface area contributed by atoms with Crippen LogP contribution in [-0.2, 0) is 0 Å². The molecule has 2 rings (SSSR count). The van der Waals surface area contributed by atoms with Crippen LogP contribution in [-0.4, -0.2) is 11.2 Å². The van der Waals surface area contributed by atoms with Crippen LogP contribution in [0.3, 0.4) is 0 Å². The summed E-state index contributed by atoms with van der Waals surface area (Å²) in [5.74, 6) is 1.20. The largest absolute Gasteiger partial charge is 0.469 e. The van der Waals surface area contributed by atoms with Crippen LogP contribution in [0.5, 0.6) is 0 Å². The number of furan rings is 1. The lowest BCUT2D eigenvalue weighted by molar-refractivity contribution is 0.0731. The van der Waals surface area contributed by atoms with Gasteiger partial charge in [0, 0.05) is 5.92 Å². The summed E-state index contributed by atoms with van der Waals surface area (Å²) >= 11 is 0. The van der Waals surface area contributed by atoms with Gasteiger partial charge in [0.15, 0.2) is 0 Å². The predicted octanol–water partition coefficient (Wildman–Crippen LogP) is 3.10. The van der Waals surface area contributed by atoms with Crippen molar-refractivity contribution in [3.05, 3.63) is 36.3 Å². The minimum Gasteiger partial charge on any atom is -0.469 e. The Morgan fingerprint density at radius 1 is 1.53 bits per heavy atom. The van der Waals surface area contributed by atoms with E-state index in [0.717, 1.165) is 17.8 Å². The van der Waals surface area contributed by atoms with Gasteiger partial charge in [0.1, 0.15) is 5.76 Å². The third kappa shape index (κ3) is 1.86. The van der Waals surface area contributed by atoms with E-state index in [1.54, 1.807) is 6.26 Å². The molecule has 2 unspecified atom stereocenters. The number of aliphatic hydroxyl groups is 1. The molecule has 1 fully saturated rings. The Labute approximate surface area is 90.6 Å². The van der Waals surface area contributed by atoms with Gasteiger partial charge in [-0.15, -0.1) is 0 Å². The maximum atomic E-state index is 9.74. The lowest BCUT2D eigenvalue weighted by Gasteiger charge is -2.41. The van der Waals surface area contributed by atoms with Gasteiger partial charge in [-0.1, -0.05) is 26.0 Å². The molecule has 0 bridgehead atoms. The lowest BCUT2D eigenvalue weighted by atomic mass is 9.65. The third-order valence-corrected chi connectivity index (χ3v) is 3.28. The zero-order chi connectivity index (χ0) is 11.1. The standard InChI is InChI=1S/C13H18O2/c1-9-7-10(14)8-13(2,3)12(9)11-5-4-6-15-11/h4-6,10,12,14H,1,7-8H2,2-3H3. The number of aliphatic hydroxyl groups excluding tert-OH is 1. The highest BCUT2D eigenvalue weighted by Crippen LogP contribution is 2.49. The summed E-state index contributed by atoms with van der Waals surface area (Å²) in [6.45, 7) is 8.40. The highest BCUT2D eigenvalue weighted by atomic mass is 16.3. The number of hydrogen-bond donors (Lipinski definition) is 1. The van der Waals surface area contributed by atoms with Crippen LogP contribution in [0, 0.1) is 5.41 Å². The minimum absolute atomic E-state index is 0.0204. The van der Waals surface area contributed by atoms with Crippen molar-refractivity contribution < 1.29 is 9.52 Å². The van der Waals surface area contributed by atoms with E-state index in [4.69, 9.17) is 4.42 Å². The van der Waals surface area contributed by atoms with Crippen LogP contribution >= 0.6 is 0 Å². The average molecular weight is 206 g/mol. The zero-order valence-corrected chi connectivity index (χ0v) is 9.36. The van der Waals surface area contributed by atoms with Gasteiger partial charge in [0.05, 0.1) is 12.4 Å². The molecule has 15 heavy (non-hydrogen) atoms. The minimum atomic E-state index is -0.251. The van der Waals surface area contributed by atoms with E-state index in [0.29, 0.717) is 6.42 Å². The van der Waals surface area contributed by atoms with E-state index in [2.05, 4.69) is 20.4 Å². The molecule has 1 aromatic rings. The summed E-state index contributed by atoms with van der Waals surface area (Å²) in [5, 5.41) is 9.74. The van der Waals surface area contributed by atoms with Crippen molar-refractivity contribution in [1.29, 1.82) is 0 Å². The molecule has 0 amide bonds. The summed E-state index contributed by atoms with van der Waals surface area (Å²) in [6, 6.07) is 3.90. The molecule has 2 heteroatoms. The second-order valence-corrected chi connectivity index (χ2v) is 5.16. The summed E-state index contributed by atoms with van der Waals surface area (Å²) in [5.41, 5.74) is 1.10. The van der Waals surface area contributed by atoms with Crippen LogP contribution in [0.1, 0.15) is 38.4 Å². The van der Waals surface area contributed by atoms with E-state index in [-0.39, 0.29) is 17.4 Å². The summed E-state index contributed by atoms with van der Waals surface area (Å²) < 4.78 is 5.47. The maximum Gasteiger partial charge on any atom is 0.111 e. The van der Waals surface area contributed by atoms with Gasteiger partial charge in [-0.05, 0) is 30.4 Å². The van der Waals surface area contributed by atoms with Gasteiger partial charge in [0.2, 0.25) is 0 Å². The fourth-order valence-electron chi connectivity index (χ4n) is 2.81. The highest BCUT2D eigenvalue weighted by Gasteiger charge is 2.40. The van der Waals surface area contributed by atoms with Crippen LogP contribution in [0.2, 0.25) is 0 Å². The molecule has 0 aliphatic heterocycles. The van der Waals surface area contributed by atoms with E-state index in [1.807, 2.05) is 12.1 Å². The molecule has 0 aromatic carbocycles. The first-order valence-electron chi connectivity index (χ1n) is 5.40. The molecule has 1 saturated carbocycles. The smallest absolute Gasteiger partial charge is 0.111 e. The van der Waals surface area contributed by atoms with E-state index in [9.17, 15) is 5.11 Å². The SMILES string of the molecule is C=C1CC(O)CC(C)(C)C1c1ccco1. The van der Waals surface area contributed by atoms with Crippen LogP contribution < -0.4 is 0 Å². The Bertz CT molecular complexity index is 349. The Morgan fingerprint density at radius 2 is 2.27 bits per heavy atom. The van der Waals surface area contributed by atoms with E-state index >= 15 is 0 Å². The predicted molar refractivity (Wildman–Crippen MR) is 59.6 cm³/mol. The van der Waals surface area contributed by atoms with E-state index in [1.165, 1.54) is 0 Å². The molecule has 1 aromatic heterocycles. The average Bonchev–Trinajstić information content (AvgIpc) is 2.52. The Morgan fingerprint density at radius 3 is 2.80 bits per heavy atom. The normalized spacial score (nSPS) is 30.5. The van der Waals surface area contributed by atoms with Crippen LogP contribution in [0.25, 0.3) is 0 Å². The second kappa shape index (κ2) is 3.53. The first kappa shape index (κ1) is 10.5. The lowest BCUT2D eigenvalue weighted by Crippen LogP contribution is -2.34. The first-order valence-corrected chi connectivity index (χ1v) is 5.40. The van der Waals surface area contributed by atoms with Crippen molar-refractivity contribution >= 4 is 0 Å². The Balaban J connectivity index is 2.33. The summed E-state index contributed by atoms with van der Waals surface area (Å²) in [4.78, 5) is 0. The van der Waals surface area contributed by atoms with Gasteiger partial charge in [-0.3, -0.25) is 0 Å². The summed E-state index contributed by atoms with van der Waals surface area (Å²) in [6.07, 6.45) is 2.94. The van der Waals surface area contributed by atoms with E-state index < -0.39 is 0 Å². The maximum absolute atomic E-state index is 9.74. The van der Waals surface area contributed by atoms with Gasteiger partial charge >= 0.3 is 0 Å². The number of hydrogen-bond acceptors (Lipinski definition) is 2. The van der Waals surface area contributed by atoms with Crippen LogP contribution in [0.4, 0.5) is 0 Å². The molecule has 0 saturated heterocycles. The monoisotopic (exact) mass is 206 g/mol. The first-order chi connectivity index (χ1) is 7.00. The quantitative estimate of drug-likeness (QED) is 0.716. The van der Waals surface area contributed by atoms with Gasteiger partial charge in [-0.25, -0.2) is 0 Å². The molecular formula is C13H18O2. The van der Waals surface area contributed by atoms with Gasteiger partial charge in [-0.2, -0.15) is 0 Å². The van der Waals surface area contributed by atoms with Crippen LogP contribution in [0.15, 0.2) is 35.0 Å². The molecule has 1 N–H and O–H groups in total. The fraction of sp³-hybridized carbons (Fsp3) is 0.538. The van der Waals surface area contributed by atoms with Crippen molar-refractivity contribution in [2.45, 2.75) is 38.7 Å². The number of rotatable bonds is 1. The van der Waals surface area contributed by atoms with Crippen molar-refractivity contribution in [2.24, 2.45) is 5.41 Å². The molecule has 2 atom stereocenters. The Kier molecular flexibility index (Phi) is 2.47. The Hall–Kier alpha value is -1.02. The van der Waals surface area contributed by atoms with Gasteiger partial charge in [0.25, 0.3) is 0 Å². The highest BCUT2D eigenvalue weighted by molar-refractivity contribution is 5.26. The molecule has 1 aliphatic carbocycles. The summed E-state index contributed by atoms with van der Waals surface area (Å²) in [7, 11) is 0. The zero-order valence-electron chi connectivity index (χ0n) is 9.36.